The molecule has 0 saturated carbocycles. The predicted octanol–water partition coefficient (Wildman–Crippen LogP) is 0.382. The van der Waals surface area contributed by atoms with Crippen molar-refractivity contribution in [2.75, 3.05) is 39.5 Å². The van der Waals surface area contributed by atoms with E-state index in [0.29, 0.717) is 12.4 Å². The normalized spacial score (nSPS) is 16.5. The molecule has 0 amide bonds. The number of ether oxygens (including phenoxy) is 2. The molecule has 0 bridgehead atoms. The highest BCUT2D eigenvalue weighted by Gasteiger charge is 2.10. The van der Waals surface area contributed by atoms with Crippen LogP contribution in [0.25, 0.3) is 0 Å². The van der Waals surface area contributed by atoms with Crippen LogP contribution in [0.5, 0.6) is 5.75 Å². The van der Waals surface area contributed by atoms with E-state index >= 15 is 0 Å². The number of aliphatic hydroxyl groups is 2. The van der Waals surface area contributed by atoms with Crippen LogP contribution in [0.3, 0.4) is 0 Å². The molecule has 0 radical (unpaired) electrons. The molecule has 1 fully saturated rings. The summed E-state index contributed by atoms with van der Waals surface area (Å²) in [6.45, 7) is 4.83. The lowest BCUT2D eigenvalue weighted by atomic mass is 10.1. The summed E-state index contributed by atoms with van der Waals surface area (Å²) >= 11 is 0. The van der Waals surface area contributed by atoms with Crippen molar-refractivity contribution in [3.8, 4) is 5.75 Å². The lowest BCUT2D eigenvalue weighted by Crippen LogP contribution is -2.38. The molecule has 5 nitrogen and oxygen atoms in total. The summed E-state index contributed by atoms with van der Waals surface area (Å²) in [7, 11) is 0. The standard InChI is InChI=1S/C14H21NO4/c16-10-12-7-13(11-17)9-14(8-12)19-6-3-15-1-4-18-5-2-15/h7-9,16-17H,1-6,10-11H2. The molecule has 106 valence electrons. The van der Waals surface area contributed by atoms with Gasteiger partial charge in [-0.05, 0) is 23.3 Å². The minimum absolute atomic E-state index is 0.0480. The van der Waals surface area contributed by atoms with Crippen LogP contribution in [0.1, 0.15) is 11.1 Å². The average Bonchev–Trinajstić information content (AvgIpc) is 2.48. The zero-order valence-corrected chi connectivity index (χ0v) is 11.0. The quantitative estimate of drug-likeness (QED) is 0.780. The first-order valence-electron chi connectivity index (χ1n) is 6.59. The number of aliphatic hydroxyl groups excluding tert-OH is 2. The maximum atomic E-state index is 9.15. The van der Waals surface area contributed by atoms with Crippen molar-refractivity contribution in [1.82, 2.24) is 4.90 Å². The molecular formula is C14H21NO4. The van der Waals surface area contributed by atoms with Gasteiger partial charge in [-0.3, -0.25) is 4.90 Å². The number of benzene rings is 1. The minimum atomic E-state index is -0.0480. The monoisotopic (exact) mass is 267 g/mol. The van der Waals surface area contributed by atoms with E-state index in [0.717, 1.165) is 44.0 Å². The van der Waals surface area contributed by atoms with Crippen LogP contribution in [0, 0.1) is 0 Å². The Labute approximate surface area is 113 Å². The molecule has 1 heterocycles. The minimum Gasteiger partial charge on any atom is -0.492 e. The van der Waals surface area contributed by atoms with Gasteiger partial charge in [0.1, 0.15) is 12.4 Å². The van der Waals surface area contributed by atoms with E-state index in [2.05, 4.69) is 4.90 Å². The Morgan fingerprint density at radius 2 is 1.68 bits per heavy atom. The van der Waals surface area contributed by atoms with Gasteiger partial charge >= 0.3 is 0 Å². The van der Waals surface area contributed by atoms with Crippen LogP contribution in [0.2, 0.25) is 0 Å². The second-order valence-electron chi connectivity index (χ2n) is 4.60. The third-order valence-corrected chi connectivity index (χ3v) is 3.17. The SMILES string of the molecule is OCc1cc(CO)cc(OCCN2CCOCC2)c1. The van der Waals surface area contributed by atoms with Gasteiger partial charge in [-0.25, -0.2) is 0 Å². The summed E-state index contributed by atoms with van der Waals surface area (Å²) in [4.78, 5) is 2.30. The van der Waals surface area contributed by atoms with E-state index in [9.17, 15) is 0 Å². The smallest absolute Gasteiger partial charge is 0.120 e. The highest BCUT2D eigenvalue weighted by Crippen LogP contribution is 2.17. The Balaban J connectivity index is 1.84. The molecule has 0 aliphatic carbocycles. The molecular weight excluding hydrogens is 246 g/mol. The summed E-state index contributed by atoms with van der Waals surface area (Å²) in [6.07, 6.45) is 0. The second kappa shape index (κ2) is 7.45. The van der Waals surface area contributed by atoms with Crippen molar-refractivity contribution in [3.63, 3.8) is 0 Å². The summed E-state index contributed by atoms with van der Waals surface area (Å²) < 4.78 is 11.0. The fraction of sp³-hybridized carbons (Fsp3) is 0.571. The van der Waals surface area contributed by atoms with Gasteiger partial charge in [-0.15, -0.1) is 0 Å². The second-order valence-corrected chi connectivity index (χ2v) is 4.60. The number of nitrogens with zero attached hydrogens (tertiary/aromatic N) is 1. The highest BCUT2D eigenvalue weighted by molar-refractivity contribution is 5.33. The van der Waals surface area contributed by atoms with Crippen LogP contribution in [0.15, 0.2) is 18.2 Å². The van der Waals surface area contributed by atoms with Gasteiger partial charge in [0.15, 0.2) is 0 Å². The van der Waals surface area contributed by atoms with Crippen molar-refractivity contribution < 1.29 is 19.7 Å². The fourth-order valence-electron chi connectivity index (χ4n) is 2.11. The van der Waals surface area contributed by atoms with E-state index < -0.39 is 0 Å². The molecule has 5 heteroatoms. The molecule has 2 rings (SSSR count). The first-order valence-corrected chi connectivity index (χ1v) is 6.59. The van der Waals surface area contributed by atoms with Gasteiger partial charge in [-0.2, -0.15) is 0 Å². The zero-order valence-electron chi connectivity index (χ0n) is 11.0. The van der Waals surface area contributed by atoms with Gasteiger partial charge in [0.25, 0.3) is 0 Å². The Kier molecular flexibility index (Phi) is 5.60. The Hall–Kier alpha value is -1.14. The molecule has 0 unspecified atom stereocenters. The number of morpholine rings is 1. The molecule has 1 aliphatic rings. The zero-order chi connectivity index (χ0) is 13.5. The van der Waals surface area contributed by atoms with Crippen molar-refractivity contribution in [1.29, 1.82) is 0 Å². The lowest BCUT2D eigenvalue weighted by molar-refractivity contribution is 0.0322. The molecule has 0 aromatic heterocycles. The van der Waals surface area contributed by atoms with Crippen LogP contribution >= 0.6 is 0 Å². The van der Waals surface area contributed by atoms with Crippen molar-refractivity contribution in [2.45, 2.75) is 13.2 Å². The lowest BCUT2D eigenvalue weighted by Gasteiger charge is -2.26. The summed E-state index contributed by atoms with van der Waals surface area (Å²) in [6, 6.07) is 5.38. The van der Waals surface area contributed by atoms with Gasteiger partial charge in [-0.1, -0.05) is 6.07 Å². The average molecular weight is 267 g/mol. The molecule has 1 saturated heterocycles. The topological polar surface area (TPSA) is 62.2 Å². The van der Waals surface area contributed by atoms with Crippen LogP contribution in [0.4, 0.5) is 0 Å². The number of hydrogen-bond acceptors (Lipinski definition) is 5. The van der Waals surface area contributed by atoms with Crippen LogP contribution < -0.4 is 4.74 Å². The van der Waals surface area contributed by atoms with Crippen LogP contribution in [-0.4, -0.2) is 54.6 Å². The molecule has 1 aromatic carbocycles. The maximum absolute atomic E-state index is 9.15. The first-order chi connectivity index (χ1) is 9.31. The van der Waals surface area contributed by atoms with E-state index in [1.165, 1.54) is 0 Å². The van der Waals surface area contributed by atoms with E-state index in [-0.39, 0.29) is 13.2 Å². The summed E-state index contributed by atoms with van der Waals surface area (Å²) in [5.41, 5.74) is 1.51. The van der Waals surface area contributed by atoms with Gasteiger partial charge in [0.2, 0.25) is 0 Å². The molecule has 2 N–H and O–H groups in total. The maximum Gasteiger partial charge on any atom is 0.120 e. The Bertz CT molecular complexity index is 369. The molecule has 0 atom stereocenters. The van der Waals surface area contributed by atoms with E-state index in [1.54, 1.807) is 18.2 Å². The Morgan fingerprint density at radius 3 is 2.26 bits per heavy atom. The van der Waals surface area contributed by atoms with Crippen molar-refractivity contribution >= 4 is 0 Å². The van der Waals surface area contributed by atoms with Crippen LogP contribution in [-0.2, 0) is 18.0 Å². The molecule has 1 aromatic rings. The van der Waals surface area contributed by atoms with E-state index in [4.69, 9.17) is 19.7 Å². The predicted molar refractivity (Wildman–Crippen MR) is 71.0 cm³/mol. The summed E-state index contributed by atoms with van der Waals surface area (Å²) in [5.74, 6) is 0.698. The molecule has 19 heavy (non-hydrogen) atoms. The van der Waals surface area contributed by atoms with Gasteiger partial charge in [0, 0.05) is 19.6 Å². The van der Waals surface area contributed by atoms with Crippen molar-refractivity contribution in [3.05, 3.63) is 29.3 Å². The van der Waals surface area contributed by atoms with E-state index in [1.807, 2.05) is 0 Å². The number of hydrogen-bond donors (Lipinski definition) is 2. The molecule has 0 spiro atoms. The Morgan fingerprint density at radius 1 is 1.05 bits per heavy atom. The van der Waals surface area contributed by atoms with Gasteiger partial charge < -0.3 is 19.7 Å². The fourth-order valence-corrected chi connectivity index (χ4v) is 2.11. The third kappa shape index (κ3) is 4.47. The third-order valence-electron chi connectivity index (χ3n) is 3.17. The van der Waals surface area contributed by atoms with Crippen molar-refractivity contribution in [2.24, 2.45) is 0 Å². The first kappa shape index (κ1) is 14.3. The highest BCUT2D eigenvalue weighted by atomic mass is 16.5. The number of rotatable bonds is 6. The van der Waals surface area contributed by atoms with Gasteiger partial charge in [0.05, 0.1) is 26.4 Å². The summed E-state index contributed by atoms with van der Waals surface area (Å²) in [5, 5.41) is 18.3. The molecule has 1 aliphatic heterocycles. The largest absolute Gasteiger partial charge is 0.492 e.